The molecule has 0 saturated heterocycles. The van der Waals surface area contributed by atoms with Crippen LogP contribution in [-0.4, -0.2) is 24.2 Å². The minimum Gasteiger partial charge on any atom is -0.465 e. The molecule has 0 heterocycles. The van der Waals surface area contributed by atoms with Gasteiger partial charge < -0.3 is 4.74 Å². The van der Waals surface area contributed by atoms with E-state index in [1.165, 1.54) is 0 Å². The molecular weight excluding hydrogens is 214 g/mol. The highest BCUT2D eigenvalue weighted by Crippen LogP contribution is 2.23. The fraction of sp³-hybridized carbons (Fsp3) is 0.929. The predicted octanol–water partition coefficient (Wildman–Crippen LogP) is 3.28. The van der Waals surface area contributed by atoms with Crippen molar-refractivity contribution in [1.29, 1.82) is 0 Å². The van der Waals surface area contributed by atoms with Crippen LogP contribution in [0.25, 0.3) is 0 Å². The highest BCUT2D eigenvalue weighted by molar-refractivity contribution is 5.80. The number of esters is 1. The molecule has 17 heavy (non-hydrogen) atoms. The summed E-state index contributed by atoms with van der Waals surface area (Å²) in [7, 11) is 0. The molecule has 0 aliphatic heterocycles. The van der Waals surface area contributed by atoms with E-state index in [9.17, 15) is 4.79 Å². The fourth-order valence-electron chi connectivity index (χ4n) is 2.23. The van der Waals surface area contributed by atoms with Gasteiger partial charge in [0.05, 0.1) is 6.61 Å². The number of carbonyl (C=O) groups excluding carboxylic acids is 1. The summed E-state index contributed by atoms with van der Waals surface area (Å²) in [6.07, 6.45) is 4.70. The van der Waals surface area contributed by atoms with Gasteiger partial charge in [0.15, 0.2) is 0 Å². The molecule has 0 aliphatic rings. The first-order valence-electron chi connectivity index (χ1n) is 7.01. The lowest BCUT2D eigenvalue weighted by Gasteiger charge is -2.34. The van der Waals surface area contributed by atoms with Crippen LogP contribution in [0.15, 0.2) is 0 Å². The van der Waals surface area contributed by atoms with Crippen molar-refractivity contribution in [2.24, 2.45) is 0 Å². The molecule has 1 N–H and O–H groups in total. The van der Waals surface area contributed by atoms with Crippen molar-refractivity contribution < 1.29 is 9.53 Å². The molecule has 0 aromatic rings. The Morgan fingerprint density at radius 1 is 1.18 bits per heavy atom. The lowest BCUT2D eigenvalue weighted by molar-refractivity contribution is -0.152. The second-order valence-electron chi connectivity index (χ2n) is 4.76. The Labute approximate surface area is 106 Å². The zero-order chi connectivity index (χ0) is 13.3. The van der Waals surface area contributed by atoms with E-state index in [4.69, 9.17) is 4.74 Å². The average Bonchev–Trinajstić information content (AvgIpc) is 2.29. The molecular formula is C14H29NO2. The highest BCUT2D eigenvalue weighted by Gasteiger charge is 2.38. The summed E-state index contributed by atoms with van der Waals surface area (Å²) in [5.41, 5.74) is -0.477. The lowest BCUT2D eigenvalue weighted by atomic mass is 9.87. The van der Waals surface area contributed by atoms with Crippen LogP contribution >= 0.6 is 0 Å². The summed E-state index contributed by atoms with van der Waals surface area (Å²) in [5.74, 6) is -0.0796. The number of hydrogen-bond donors (Lipinski definition) is 1. The summed E-state index contributed by atoms with van der Waals surface area (Å²) in [6, 6.07) is 0.345. The van der Waals surface area contributed by atoms with Gasteiger partial charge in [-0.3, -0.25) is 10.1 Å². The van der Waals surface area contributed by atoms with Crippen molar-refractivity contribution in [2.45, 2.75) is 78.3 Å². The van der Waals surface area contributed by atoms with E-state index in [1.54, 1.807) is 0 Å². The third kappa shape index (κ3) is 5.07. The van der Waals surface area contributed by atoms with Crippen LogP contribution in [0.4, 0.5) is 0 Å². The summed E-state index contributed by atoms with van der Waals surface area (Å²) in [4.78, 5) is 12.2. The van der Waals surface area contributed by atoms with E-state index >= 15 is 0 Å². The highest BCUT2D eigenvalue weighted by atomic mass is 16.5. The predicted molar refractivity (Wildman–Crippen MR) is 72.1 cm³/mol. The summed E-state index contributed by atoms with van der Waals surface area (Å²) in [6.45, 7) is 10.8. The minimum atomic E-state index is -0.477. The monoisotopic (exact) mass is 243 g/mol. The van der Waals surface area contributed by atoms with Crippen LogP contribution in [0.1, 0.15) is 66.7 Å². The van der Waals surface area contributed by atoms with E-state index in [2.05, 4.69) is 33.0 Å². The quantitative estimate of drug-likeness (QED) is 0.632. The zero-order valence-corrected chi connectivity index (χ0v) is 12.1. The first-order chi connectivity index (χ1) is 8.06. The molecule has 0 bridgehead atoms. The second kappa shape index (κ2) is 8.51. The molecule has 0 saturated carbocycles. The molecule has 102 valence electrons. The molecule has 3 nitrogen and oxygen atoms in total. The van der Waals surface area contributed by atoms with Gasteiger partial charge in [-0.05, 0) is 33.1 Å². The minimum absolute atomic E-state index is 0.0796. The lowest BCUT2D eigenvalue weighted by Crippen LogP contribution is -2.55. The van der Waals surface area contributed by atoms with Crippen LogP contribution < -0.4 is 5.32 Å². The third-order valence-corrected chi connectivity index (χ3v) is 3.15. The van der Waals surface area contributed by atoms with Gasteiger partial charge in [0.25, 0.3) is 0 Å². The molecule has 3 heteroatoms. The molecule has 0 spiro atoms. The van der Waals surface area contributed by atoms with Crippen LogP contribution in [-0.2, 0) is 9.53 Å². The summed E-state index contributed by atoms with van der Waals surface area (Å²) in [5, 5.41) is 3.49. The Kier molecular flexibility index (Phi) is 8.23. The van der Waals surface area contributed by atoms with Crippen LogP contribution in [0.5, 0.6) is 0 Å². The molecule has 0 aliphatic carbocycles. The smallest absolute Gasteiger partial charge is 0.326 e. The molecule has 0 fully saturated rings. The van der Waals surface area contributed by atoms with E-state index in [0.717, 1.165) is 32.1 Å². The maximum absolute atomic E-state index is 12.2. The van der Waals surface area contributed by atoms with Crippen molar-refractivity contribution in [1.82, 2.24) is 5.32 Å². The van der Waals surface area contributed by atoms with Gasteiger partial charge in [-0.15, -0.1) is 0 Å². The van der Waals surface area contributed by atoms with Gasteiger partial charge in [-0.2, -0.15) is 0 Å². The van der Waals surface area contributed by atoms with Gasteiger partial charge in [0.2, 0.25) is 0 Å². The number of carbonyl (C=O) groups is 1. The first-order valence-corrected chi connectivity index (χ1v) is 7.01. The fourth-order valence-corrected chi connectivity index (χ4v) is 2.23. The second-order valence-corrected chi connectivity index (χ2v) is 4.76. The van der Waals surface area contributed by atoms with Crippen molar-refractivity contribution >= 4 is 5.97 Å². The number of nitrogens with one attached hydrogen (secondary N) is 1. The van der Waals surface area contributed by atoms with Gasteiger partial charge in [-0.1, -0.05) is 33.6 Å². The Bertz CT molecular complexity index is 210. The largest absolute Gasteiger partial charge is 0.465 e. The Balaban J connectivity index is 4.89. The maximum atomic E-state index is 12.2. The Morgan fingerprint density at radius 2 is 1.71 bits per heavy atom. The van der Waals surface area contributed by atoms with Gasteiger partial charge in [0, 0.05) is 6.04 Å². The summed E-state index contributed by atoms with van der Waals surface area (Å²) >= 11 is 0. The van der Waals surface area contributed by atoms with Crippen molar-refractivity contribution in [3.05, 3.63) is 0 Å². The van der Waals surface area contributed by atoms with E-state index in [1.807, 2.05) is 6.92 Å². The van der Waals surface area contributed by atoms with Crippen LogP contribution in [0.2, 0.25) is 0 Å². The third-order valence-electron chi connectivity index (χ3n) is 3.15. The number of rotatable bonds is 9. The topological polar surface area (TPSA) is 38.3 Å². The van der Waals surface area contributed by atoms with Gasteiger partial charge in [0.1, 0.15) is 5.54 Å². The van der Waals surface area contributed by atoms with Crippen molar-refractivity contribution in [2.75, 3.05) is 6.61 Å². The average molecular weight is 243 g/mol. The molecule has 0 radical (unpaired) electrons. The van der Waals surface area contributed by atoms with Crippen LogP contribution in [0.3, 0.4) is 0 Å². The standard InChI is InChI=1S/C14H29NO2/c1-6-10-14(11-7-2,13(16)17-9-4)15-12(5)8-3/h12,15H,6-11H2,1-5H3. The van der Waals surface area contributed by atoms with Crippen molar-refractivity contribution in [3.8, 4) is 0 Å². The van der Waals surface area contributed by atoms with Crippen molar-refractivity contribution in [3.63, 3.8) is 0 Å². The van der Waals surface area contributed by atoms with Gasteiger partial charge >= 0.3 is 5.97 Å². The molecule has 0 aromatic heterocycles. The molecule has 1 atom stereocenters. The van der Waals surface area contributed by atoms with E-state index < -0.39 is 5.54 Å². The van der Waals surface area contributed by atoms with E-state index in [0.29, 0.717) is 12.6 Å². The number of hydrogen-bond acceptors (Lipinski definition) is 3. The summed E-state index contributed by atoms with van der Waals surface area (Å²) < 4.78 is 5.26. The molecule has 0 amide bonds. The Hall–Kier alpha value is -0.570. The molecule has 0 aromatic carbocycles. The first kappa shape index (κ1) is 16.4. The molecule has 1 unspecified atom stereocenters. The molecule has 0 rings (SSSR count). The number of ether oxygens (including phenoxy) is 1. The maximum Gasteiger partial charge on any atom is 0.326 e. The van der Waals surface area contributed by atoms with Gasteiger partial charge in [-0.25, -0.2) is 0 Å². The normalized spacial score (nSPS) is 13.5. The SMILES string of the molecule is CCCC(CCC)(NC(C)CC)C(=O)OCC. The zero-order valence-electron chi connectivity index (χ0n) is 12.1. The Morgan fingerprint density at radius 3 is 2.06 bits per heavy atom. The van der Waals surface area contributed by atoms with E-state index in [-0.39, 0.29) is 5.97 Å². The van der Waals surface area contributed by atoms with Crippen LogP contribution in [0, 0.1) is 0 Å².